The molecule has 0 spiro atoms. The molecule has 1 heterocycles. The van der Waals surface area contributed by atoms with Crippen LogP contribution in [-0.2, 0) is 0 Å². The molecule has 1 aromatic carbocycles. The summed E-state index contributed by atoms with van der Waals surface area (Å²) in [4.78, 5) is 0. The lowest BCUT2D eigenvalue weighted by molar-refractivity contribution is 0.221. The molecule has 1 aliphatic heterocycles. The van der Waals surface area contributed by atoms with Gasteiger partial charge in [-0.25, -0.2) is 14.0 Å². The fraction of sp³-hybridized carbons (Fsp3) is 0.300. The van der Waals surface area contributed by atoms with E-state index in [0.717, 1.165) is 18.2 Å². The first-order chi connectivity index (χ1) is 7.17. The normalized spacial score (nSPS) is 15.7. The first-order valence-electron chi connectivity index (χ1n) is 4.70. The number of nitrogens with zero attached hydrogens (tertiary/aromatic N) is 1. The third kappa shape index (κ3) is 2.27. The molecule has 0 aliphatic carbocycles. The van der Waals surface area contributed by atoms with Crippen LogP contribution in [0, 0.1) is 22.9 Å². The summed E-state index contributed by atoms with van der Waals surface area (Å²) in [6.07, 6.45) is 1.18. The summed E-state index contributed by atoms with van der Waals surface area (Å²) >= 11 is 0. The molecule has 0 atom stereocenters. The van der Waals surface area contributed by atoms with Crippen molar-refractivity contribution in [3.63, 3.8) is 0 Å². The maximum absolute atomic E-state index is 12.8. The molecule has 1 aromatic rings. The number of benzene rings is 1. The van der Waals surface area contributed by atoms with Gasteiger partial charge >= 0.3 is 0 Å². The van der Waals surface area contributed by atoms with E-state index in [-0.39, 0.29) is 18.6 Å². The van der Waals surface area contributed by atoms with E-state index in [1.807, 2.05) is 0 Å². The Morgan fingerprint density at radius 1 is 1.27 bits per heavy atom. The number of nitriles is 1. The fourth-order valence-corrected chi connectivity index (χ4v) is 1.56. The molecule has 0 radical (unpaired) electrons. The molecular formula is C10H8BF2NO. The zero-order chi connectivity index (χ0) is 10.8. The van der Waals surface area contributed by atoms with Crippen molar-refractivity contribution in [2.24, 2.45) is 0 Å². The van der Waals surface area contributed by atoms with Crippen molar-refractivity contribution >= 4 is 6.71 Å². The lowest BCUT2D eigenvalue weighted by atomic mass is 9.35. The molecule has 0 amide bonds. The second-order valence-corrected chi connectivity index (χ2v) is 3.64. The van der Waals surface area contributed by atoms with E-state index in [4.69, 9.17) is 10.00 Å². The topological polar surface area (TPSA) is 33.0 Å². The largest absolute Gasteiger partial charge is 0.492 e. The van der Waals surface area contributed by atoms with Gasteiger partial charge in [-0.15, -0.1) is 0 Å². The summed E-state index contributed by atoms with van der Waals surface area (Å²) < 4.78 is 30.9. The third-order valence-corrected chi connectivity index (χ3v) is 2.42. The predicted octanol–water partition coefficient (Wildman–Crippen LogP) is 2.28. The van der Waals surface area contributed by atoms with Crippen molar-refractivity contribution in [3.05, 3.63) is 29.8 Å². The zero-order valence-corrected chi connectivity index (χ0v) is 7.91. The summed E-state index contributed by atoms with van der Waals surface area (Å²) in [5, 5.41) is 8.53. The number of hydrogen-bond acceptors (Lipinski definition) is 2. The number of halogens is 2. The molecule has 2 rings (SSSR count). The van der Waals surface area contributed by atoms with Crippen LogP contribution in [-0.4, -0.2) is 12.8 Å². The average molecular weight is 207 g/mol. The molecule has 15 heavy (non-hydrogen) atoms. The van der Waals surface area contributed by atoms with Crippen LogP contribution >= 0.6 is 0 Å². The van der Waals surface area contributed by atoms with E-state index in [2.05, 4.69) is 5.97 Å². The molecule has 0 unspecified atom stereocenters. The van der Waals surface area contributed by atoms with Crippen LogP contribution in [0.3, 0.4) is 0 Å². The molecule has 0 bridgehead atoms. The quantitative estimate of drug-likeness (QED) is 0.696. The standard InChI is InChI=1S/C10H8BF2NO/c12-7-1-8(13)3-9(2-7)15-10-4-11(5-10)6-14/h1-3,10H,4-5H2. The zero-order valence-electron chi connectivity index (χ0n) is 7.91. The Morgan fingerprint density at radius 3 is 2.40 bits per heavy atom. The van der Waals surface area contributed by atoms with Crippen LogP contribution in [0.1, 0.15) is 0 Å². The SMILES string of the molecule is N#CB1CC(Oc2cc(F)cc(F)c2)C1. The van der Waals surface area contributed by atoms with Gasteiger partial charge in [-0.3, -0.25) is 0 Å². The highest BCUT2D eigenvalue weighted by Gasteiger charge is 2.34. The van der Waals surface area contributed by atoms with Gasteiger partial charge in [-0.05, 0) is 12.6 Å². The Hall–Kier alpha value is -1.57. The van der Waals surface area contributed by atoms with Gasteiger partial charge in [-0.2, -0.15) is 0 Å². The van der Waals surface area contributed by atoms with Crippen LogP contribution in [0.2, 0.25) is 12.6 Å². The first kappa shape index (κ1) is 9.97. The van der Waals surface area contributed by atoms with Crippen LogP contribution < -0.4 is 4.74 Å². The van der Waals surface area contributed by atoms with Crippen LogP contribution in [0.25, 0.3) is 0 Å². The van der Waals surface area contributed by atoms with Crippen molar-refractivity contribution in [2.45, 2.75) is 18.7 Å². The van der Waals surface area contributed by atoms with Gasteiger partial charge in [0.1, 0.15) is 17.4 Å². The highest BCUT2D eigenvalue weighted by atomic mass is 19.1. The molecule has 76 valence electrons. The van der Waals surface area contributed by atoms with E-state index in [1.54, 1.807) is 0 Å². The molecule has 0 saturated carbocycles. The molecule has 1 fully saturated rings. The van der Waals surface area contributed by atoms with E-state index in [0.29, 0.717) is 12.6 Å². The summed E-state index contributed by atoms with van der Waals surface area (Å²) in [6.45, 7) is 0.0217. The lowest BCUT2D eigenvalue weighted by Crippen LogP contribution is -2.38. The number of hydrogen-bond donors (Lipinski definition) is 0. The Balaban J connectivity index is 1.98. The second kappa shape index (κ2) is 3.89. The van der Waals surface area contributed by atoms with Crippen LogP contribution in [0.4, 0.5) is 8.78 Å². The molecule has 5 heteroatoms. The summed E-state index contributed by atoms with van der Waals surface area (Å²) in [5.41, 5.74) is 0. The van der Waals surface area contributed by atoms with Crippen LogP contribution in [0.5, 0.6) is 5.75 Å². The smallest absolute Gasteiger partial charge is 0.275 e. The lowest BCUT2D eigenvalue weighted by Gasteiger charge is -2.28. The molecule has 0 aromatic heterocycles. The molecular weight excluding hydrogens is 199 g/mol. The van der Waals surface area contributed by atoms with Crippen molar-refractivity contribution < 1.29 is 13.5 Å². The van der Waals surface area contributed by atoms with Gasteiger partial charge in [0, 0.05) is 24.2 Å². The van der Waals surface area contributed by atoms with Crippen LogP contribution in [0.15, 0.2) is 18.2 Å². The predicted molar refractivity (Wildman–Crippen MR) is 51.8 cm³/mol. The van der Waals surface area contributed by atoms with Gasteiger partial charge in [0.15, 0.2) is 0 Å². The van der Waals surface area contributed by atoms with Gasteiger partial charge in [-0.1, -0.05) is 0 Å². The minimum Gasteiger partial charge on any atom is -0.492 e. The van der Waals surface area contributed by atoms with E-state index in [1.165, 1.54) is 0 Å². The third-order valence-electron chi connectivity index (χ3n) is 2.42. The summed E-state index contributed by atoms with van der Waals surface area (Å²) in [6, 6.07) is 3.08. The van der Waals surface area contributed by atoms with Gasteiger partial charge in [0.25, 0.3) is 6.71 Å². The second-order valence-electron chi connectivity index (χ2n) is 3.64. The molecule has 2 nitrogen and oxygen atoms in total. The Bertz CT molecular complexity index is 392. The van der Waals surface area contributed by atoms with Crippen molar-refractivity contribution in [2.75, 3.05) is 0 Å². The molecule has 1 saturated heterocycles. The van der Waals surface area contributed by atoms with E-state index in [9.17, 15) is 8.78 Å². The average Bonchev–Trinajstić information content (AvgIpc) is 2.08. The minimum atomic E-state index is -0.652. The van der Waals surface area contributed by atoms with Gasteiger partial charge in [0.2, 0.25) is 0 Å². The molecule has 0 N–H and O–H groups in total. The maximum atomic E-state index is 12.8. The fourth-order valence-electron chi connectivity index (χ4n) is 1.56. The van der Waals surface area contributed by atoms with Crippen molar-refractivity contribution in [3.8, 4) is 11.7 Å². The minimum absolute atomic E-state index is 0.0217. The Morgan fingerprint density at radius 2 is 1.87 bits per heavy atom. The number of rotatable bonds is 2. The summed E-state index contributed by atoms with van der Waals surface area (Å²) in [7, 11) is 0. The Kier molecular flexibility index (Phi) is 2.59. The van der Waals surface area contributed by atoms with Crippen molar-refractivity contribution in [1.29, 1.82) is 5.26 Å². The van der Waals surface area contributed by atoms with Gasteiger partial charge < -0.3 is 4.74 Å². The number of ether oxygens (including phenoxy) is 1. The van der Waals surface area contributed by atoms with Gasteiger partial charge in [0.05, 0.1) is 6.10 Å². The highest BCUT2D eigenvalue weighted by Crippen LogP contribution is 2.27. The van der Waals surface area contributed by atoms with Crippen molar-refractivity contribution in [1.82, 2.24) is 0 Å². The monoisotopic (exact) mass is 207 g/mol. The molecule has 1 aliphatic rings. The summed E-state index contributed by atoms with van der Waals surface area (Å²) in [5.74, 6) is 0.997. The maximum Gasteiger partial charge on any atom is 0.275 e. The van der Waals surface area contributed by atoms with E-state index >= 15 is 0 Å². The van der Waals surface area contributed by atoms with E-state index < -0.39 is 11.6 Å². The highest BCUT2D eigenvalue weighted by molar-refractivity contribution is 6.70. The first-order valence-corrected chi connectivity index (χ1v) is 4.70. The Labute approximate surface area is 86.5 Å².